The van der Waals surface area contributed by atoms with Gasteiger partial charge in [-0.1, -0.05) is 13.3 Å². The van der Waals surface area contributed by atoms with Gasteiger partial charge in [-0.2, -0.15) is 0 Å². The van der Waals surface area contributed by atoms with Crippen LogP contribution in [0, 0.1) is 6.92 Å². The van der Waals surface area contributed by atoms with Crippen molar-refractivity contribution in [2.45, 2.75) is 46.1 Å². The van der Waals surface area contributed by atoms with E-state index in [1.54, 1.807) is 19.1 Å². The normalized spacial score (nSPS) is 11.7. The topological polar surface area (TPSA) is 138 Å². The fourth-order valence-electron chi connectivity index (χ4n) is 2.90. The van der Waals surface area contributed by atoms with Gasteiger partial charge in [0.25, 0.3) is 5.91 Å². The Kier molecular flexibility index (Phi) is 7.97. The Bertz CT molecular complexity index is 997. The molecule has 1 atom stereocenters. The molecular formula is C21H25N2O7-. The van der Waals surface area contributed by atoms with Gasteiger partial charge in [0.2, 0.25) is 5.91 Å². The number of carbonyl (C=O) groups excluding carboxylic acids is 3. The maximum atomic E-state index is 12.2. The molecule has 0 aliphatic rings. The predicted octanol–water partition coefficient (Wildman–Crippen LogP) is 0.194. The number of hydrogen-bond acceptors (Lipinski definition) is 7. The van der Waals surface area contributed by atoms with Gasteiger partial charge in [0.05, 0.1) is 19.1 Å². The summed E-state index contributed by atoms with van der Waals surface area (Å²) in [4.78, 5) is 45.9. The Morgan fingerprint density at radius 3 is 2.60 bits per heavy atom. The van der Waals surface area contributed by atoms with Crippen molar-refractivity contribution in [3.8, 4) is 5.75 Å². The number of ether oxygens (including phenoxy) is 1. The molecular weight excluding hydrogens is 392 g/mol. The zero-order valence-corrected chi connectivity index (χ0v) is 17.2. The molecule has 0 unspecified atom stereocenters. The Labute approximate surface area is 173 Å². The number of carbonyl (C=O) groups is 3. The van der Waals surface area contributed by atoms with Crippen LogP contribution in [0.5, 0.6) is 5.75 Å². The number of rotatable bonds is 10. The quantitative estimate of drug-likeness (QED) is 0.527. The van der Waals surface area contributed by atoms with Gasteiger partial charge >= 0.3 is 5.63 Å². The molecule has 1 aromatic heterocycles. The minimum absolute atomic E-state index is 0.377. The van der Waals surface area contributed by atoms with E-state index in [1.165, 1.54) is 13.0 Å². The molecule has 0 aliphatic heterocycles. The van der Waals surface area contributed by atoms with E-state index >= 15 is 0 Å². The van der Waals surface area contributed by atoms with Gasteiger partial charge in [-0.3, -0.25) is 9.59 Å². The molecule has 0 saturated carbocycles. The minimum Gasteiger partial charge on any atom is -0.548 e. The van der Waals surface area contributed by atoms with Gasteiger partial charge in [-0.15, -0.1) is 0 Å². The molecule has 0 aliphatic carbocycles. The lowest BCUT2D eigenvalue weighted by atomic mass is 10.0. The van der Waals surface area contributed by atoms with Crippen molar-refractivity contribution in [1.29, 1.82) is 0 Å². The van der Waals surface area contributed by atoms with Crippen molar-refractivity contribution >= 4 is 28.8 Å². The summed E-state index contributed by atoms with van der Waals surface area (Å²) >= 11 is 0. The second kappa shape index (κ2) is 10.4. The molecule has 9 heteroatoms. The van der Waals surface area contributed by atoms with Crippen LogP contribution >= 0.6 is 0 Å². The standard InChI is InChI=1S/C21H26N2O7/c1-4-5-6-14-9-19(27)30-20-12(2)16(8-7-15(14)20)29-13(3)21(28)23-10-17(24)22-11-18(25)26/h7-9,13H,4-6,10-11H2,1-3H3,(H,22,24)(H,23,28)(H,25,26)/p-1/t13-/m1/s1. The molecule has 1 aromatic carbocycles. The second-order valence-electron chi connectivity index (χ2n) is 6.89. The minimum atomic E-state index is -1.43. The zero-order chi connectivity index (χ0) is 22.3. The van der Waals surface area contributed by atoms with E-state index in [4.69, 9.17) is 9.15 Å². The summed E-state index contributed by atoms with van der Waals surface area (Å²) in [5, 5.41) is 15.6. The summed E-state index contributed by atoms with van der Waals surface area (Å²) in [6.45, 7) is 4.28. The van der Waals surface area contributed by atoms with E-state index in [1.807, 2.05) is 0 Å². The van der Waals surface area contributed by atoms with Crippen molar-refractivity contribution < 1.29 is 28.6 Å². The lowest BCUT2D eigenvalue weighted by Gasteiger charge is -2.17. The van der Waals surface area contributed by atoms with E-state index in [0.29, 0.717) is 16.9 Å². The van der Waals surface area contributed by atoms with E-state index in [9.17, 15) is 24.3 Å². The van der Waals surface area contributed by atoms with E-state index in [-0.39, 0.29) is 0 Å². The molecule has 0 bridgehead atoms. The van der Waals surface area contributed by atoms with Crippen LogP contribution in [0.3, 0.4) is 0 Å². The summed E-state index contributed by atoms with van der Waals surface area (Å²) in [6, 6.07) is 5.01. The number of carboxylic acids is 1. The van der Waals surface area contributed by atoms with Gasteiger partial charge in [-0.25, -0.2) is 4.79 Å². The number of hydrogen-bond donors (Lipinski definition) is 2. The molecule has 2 N–H and O–H groups in total. The second-order valence-corrected chi connectivity index (χ2v) is 6.89. The fraction of sp³-hybridized carbons (Fsp3) is 0.429. The summed E-state index contributed by atoms with van der Waals surface area (Å²) in [5.74, 6) is -2.27. The first-order valence-electron chi connectivity index (χ1n) is 9.70. The molecule has 1 heterocycles. The molecule has 162 valence electrons. The lowest BCUT2D eigenvalue weighted by Crippen LogP contribution is -2.45. The summed E-state index contributed by atoms with van der Waals surface area (Å²) in [5.41, 5.74) is 1.48. The van der Waals surface area contributed by atoms with Crippen LogP contribution in [-0.2, 0) is 20.8 Å². The number of aliphatic carboxylic acids is 1. The van der Waals surface area contributed by atoms with Gasteiger partial charge < -0.3 is 29.7 Å². The lowest BCUT2D eigenvalue weighted by molar-refractivity contribution is -0.304. The Morgan fingerprint density at radius 1 is 1.20 bits per heavy atom. The van der Waals surface area contributed by atoms with Crippen molar-refractivity contribution in [2.24, 2.45) is 0 Å². The summed E-state index contributed by atoms with van der Waals surface area (Å²) in [7, 11) is 0. The van der Waals surface area contributed by atoms with Crippen LogP contribution in [0.1, 0.15) is 37.8 Å². The highest BCUT2D eigenvalue weighted by atomic mass is 16.5. The first-order valence-corrected chi connectivity index (χ1v) is 9.70. The number of amides is 2. The molecule has 30 heavy (non-hydrogen) atoms. The molecule has 0 fully saturated rings. The Morgan fingerprint density at radius 2 is 1.93 bits per heavy atom. The van der Waals surface area contributed by atoms with Gasteiger partial charge in [0.1, 0.15) is 11.3 Å². The molecule has 0 radical (unpaired) electrons. The van der Waals surface area contributed by atoms with Crippen LogP contribution in [0.15, 0.2) is 27.4 Å². The zero-order valence-electron chi connectivity index (χ0n) is 17.2. The van der Waals surface area contributed by atoms with Crippen molar-refractivity contribution in [1.82, 2.24) is 10.6 Å². The van der Waals surface area contributed by atoms with E-state index in [0.717, 1.165) is 30.2 Å². The number of unbranched alkanes of at least 4 members (excludes halogenated alkanes) is 1. The summed E-state index contributed by atoms with van der Waals surface area (Å²) < 4.78 is 11.1. The van der Waals surface area contributed by atoms with Gasteiger partial charge in [0, 0.05) is 17.0 Å². The Balaban J connectivity index is 2.10. The predicted molar refractivity (Wildman–Crippen MR) is 107 cm³/mol. The molecule has 0 saturated heterocycles. The molecule has 2 rings (SSSR count). The first-order chi connectivity index (χ1) is 14.2. The highest BCUT2D eigenvalue weighted by Crippen LogP contribution is 2.29. The average Bonchev–Trinajstić information content (AvgIpc) is 2.70. The molecule has 2 aromatic rings. The van der Waals surface area contributed by atoms with Crippen LogP contribution in [0.4, 0.5) is 0 Å². The van der Waals surface area contributed by atoms with Gasteiger partial charge in [-0.05, 0) is 44.4 Å². The van der Waals surface area contributed by atoms with E-state index in [2.05, 4.69) is 17.6 Å². The van der Waals surface area contributed by atoms with Crippen LogP contribution in [0.2, 0.25) is 0 Å². The monoisotopic (exact) mass is 417 g/mol. The maximum Gasteiger partial charge on any atom is 0.336 e. The highest BCUT2D eigenvalue weighted by molar-refractivity contribution is 5.88. The largest absolute Gasteiger partial charge is 0.548 e. The first kappa shape index (κ1) is 22.9. The third-order valence-electron chi connectivity index (χ3n) is 4.52. The SMILES string of the molecule is CCCCc1cc(=O)oc2c(C)c(O[C@H](C)C(=O)NCC(=O)NCC(=O)[O-])ccc12. The van der Waals surface area contributed by atoms with Crippen molar-refractivity contribution in [3.63, 3.8) is 0 Å². The number of benzene rings is 1. The third kappa shape index (κ3) is 6.07. The van der Waals surface area contributed by atoms with Crippen LogP contribution < -0.4 is 26.1 Å². The van der Waals surface area contributed by atoms with Crippen LogP contribution in [-0.4, -0.2) is 37.0 Å². The molecule has 9 nitrogen and oxygen atoms in total. The average molecular weight is 417 g/mol. The number of carboxylic acid groups (broad SMARTS) is 1. The van der Waals surface area contributed by atoms with Gasteiger partial charge in [0.15, 0.2) is 6.10 Å². The summed E-state index contributed by atoms with van der Waals surface area (Å²) in [6.07, 6.45) is 1.77. The Hall–Kier alpha value is -3.36. The van der Waals surface area contributed by atoms with Crippen molar-refractivity contribution in [3.05, 3.63) is 39.7 Å². The van der Waals surface area contributed by atoms with Crippen LogP contribution in [0.25, 0.3) is 11.0 Å². The molecule has 2 amide bonds. The highest BCUT2D eigenvalue weighted by Gasteiger charge is 2.18. The van der Waals surface area contributed by atoms with Crippen molar-refractivity contribution in [2.75, 3.05) is 13.1 Å². The van der Waals surface area contributed by atoms with E-state index < -0.39 is 42.6 Å². The fourth-order valence-corrected chi connectivity index (χ4v) is 2.90. The smallest absolute Gasteiger partial charge is 0.336 e. The third-order valence-corrected chi connectivity index (χ3v) is 4.52. The maximum absolute atomic E-state index is 12.2. The number of nitrogens with one attached hydrogen (secondary N) is 2. The molecule has 0 spiro atoms. The number of aryl methyl sites for hydroxylation is 2. The number of fused-ring (bicyclic) bond motifs is 1.